The number of aryl methyl sites for hydroxylation is 4. The van der Waals surface area contributed by atoms with Crippen LogP contribution in [0.3, 0.4) is 0 Å². The molecule has 0 amide bonds. The number of benzene rings is 3. The van der Waals surface area contributed by atoms with E-state index in [0.29, 0.717) is 0 Å². The summed E-state index contributed by atoms with van der Waals surface area (Å²) in [5.41, 5.74) is 12.1. The molecule has 1 heteroatoms. The minimum absolute atomic E-state index is 1.04. The maximum Gasteiger partial charge on any atom is 0.0569 e. The molecule has 0 saturated heterocycles. The van der Waals surface area contributed by atoms with E-state index in [1.807, 2.05) is 0 Å². The predicted molar refractivity (Wildman–Crippen MR) is 114 cm³/mol. The number of hydrogen-bond acceptors (Lipinski definition) is 0. The standard InChI is InChI=1S/C26H23N/c1-18-14-19(2)16-22(15-18)24-17-27-13-12-20-8-6-7-11-23(20)26(27)25(24)21-9-4-3-5-10-21/h3-11,14-17H,12-13H2,1-2H3. The van der Waals surface area contributed by atoms with E-state index >= 15 is 0 Å². The molecule has 0 aliphatic carbocycles. The van der Waals surface area contributed by atoms with Gasteiger partial charge in [-0.2, -0.15) is 0 Å². The van der Waals surface area contributed by atoms with Crippen LogP contribution in [0.4, 0.5) is 0 Å². The average Bonchev–Trinajstić information content (AvgIpc) is 3.08. The van der Waals surface area contributed by atoms with Gasteiger partial charge in [-0.1, -0.05) is 83.9 Å². The quantitative estimate of drug-likeness (QED) is 0.381. The van der Waals surface area contributed by atoms with Crippen LogP contribution in [-0.4, -0.2) is 4.57 Å². The third kappa shape index (κ3) is 2.71. The van der Waals surface area contributed by atoms with Gasteiger partial charge in [-0.05, 0) is 37.0 Å². The monoisotopic (exact) mass is 349 g/mol. The molecular formula is C26H23N. The van der Waals surface area contributed by atoms with Crippen molar-refractivity contribution in [2.24, 2.45) is 0 Å². The Balaban J connectivity index is 1.85. The number of hydrogen-bond donors (Lipinski definition) is 0. The summed E-state index contributed by atoms with van der Waals surface area (Å²) in [6, 6.07) is 26.6. The summed E-state index contributed by atoms with van der Waals surface area (Å²) >= 11 is 0. The zero-order valence-electron chi connectivity index (χ0n) is 15.9. The molecule has 5 rings (SSSR count). The van der Waals surface area contributed by atoms with Crippen molar-refractivity contribution in [3.63, 3.8) is 0 Å². The van der Waals surface area contributed by atoms with Gasteiger partial charge in [-0.15, -0.1) is 0 Å². The van der Waals surface area contributed by atoms with Crippen LogP contribution in [-0.2, 0) is 13.0 Å². The summed E-state index contributed by atoms with van der Waals surface area (Å²) in [6.45, 7) is 5.41. The molecule has 132 valence electrons. The van der Waals surface area contributed by atoms with Crippen molar-refractivity contribution >= 4 is 0 Å². The highest BCUT2D eigenvalue weighted by Crippen LogP contribution is 2.44. The van der Waals surface area contributed by atoms with Crippen LogP contribution in [0.2, 0.25) is 0 Å². The summed E-state index contributed by atoms with van der Waals surface area (Å²) in [7, 11) is 0. The summed E-state index contributed by atoms with van der Waals surface area (Å²) in [5, 5.41) is 0. The van der Waals surface area contributed by atoms with E-state index < -0.39 is 0 Å². The fraction of sp³-hybridized carbons (Fsp3) is 0.154. The molecule has 3 aromatic carbocycles. The van der Waals surface area contributed by atoms with Crippen molar-refractivity contribution in [1.29, 1.82) is 0 Å². The van der Waals surface area contributed by atoms with E-state index in [1.165, 1.54) is 50.2 Å². The molecular weight excluding hydrogens is 326 g/mol. The first-order valence-electron chi connectivity index (χ1n) is 9.66. The van der Waals surface area contributed by atoms with E-state index in [-0.39, 0.29) is 0 Å². The Kier molecular flexibility index (Phi) is 3.75. The second-order valence-electron chi connectivity index (χ2n) is 7.61. The molecule has 0 unspecified atom stereocenters. The molecule has 0 spiro atoms. The Morgan fingerprint density at radius 2 is 1.41 bits per heavy atom. The molecule has 0 radical (unpaired) electrons. The van der Waals surface area contributed by atoms with Crippen LogP contribution < -0.4 is 0 Å². The van der Waals surface area contributed by atoms with Crippen molar-refractivity contribution in [1.82, 2.24) is 4.57 Å². The molecule has 0 N–H and O–H groups in total. The lowest BCUT2D eigenvalue weighted by Gasteiger charge is -2.21. The number of nitrogens with zero attached hydrogens (tertiary/aromatic N) is 1. The number of aromatic nitrogens is 1. The minimum atomic E-state index is 1.04. The molecule has 0 bridgehead atoms. The van der Waals surface area contributed by atoms with Crippen molar-refractivity contribution in [2.75, 3.05) is 0 Å². The van der Waals surface area contributed by atoms with E-state index in [2.05, 4.69) is 97.4 Å². The molecule has 27 heavy (non-hydrogen) atoms. The Hall–Kier alpha value is -3.06. The molecule has 0 saturated carbocycles. The molecule has 4 aromatic rings. The van der Waals surface area contributed by atoms with Crippen molar-refractivity contribution in [2.45, 2.75) is 26.8 Å². The highest BCUT2D eigenvalue weighted by atomic mass is 15.0. The largest absolute Gasteiger partial charge is 0.346 e. The molecule has 1 nitrogen and oxygen atoms in total. The van der Waals surface area contributed by atoms with Gasteiger partial charge < -0.3 is 4.57 Å². The smallest absolute Gasteiger partial charge is 0.0569 e. The van der Waals surface area contributed by atoms with Crippen molar-refractivity contribution in [3.05, 3.63) is 95.7 Å². The topological polar surface area (TPSA) is 4.93 Å². The van der Waals surface area contributed by atoms with Gasteiger partial charge in [0.05, 0.1) is 5.69 Å². The van der Waals surface area contributed by atoms with Gasteiger partial charge in [0.15, 0.2) is 0 Å². The first-order chi connectivity index (χ1) is 13.2. The molecule has 1 aromatic heterocycles. The molecule has 1 aliphatic heterocycles. The van der Waals surface area contributed by atoms with Crippen LogP contribution >= 0.6 is 0 Å². The average molecular weight is 349 g/mol. The van der Waals surface area contributed by atoms with Crippen molar-refractivity contribution < 1.29 is 0 Å². The molecule has 2 heterocycles. The second-order valence-corrected chi connectivity index (χ2v) is 7.61. The highest BCUT2D eigenvalue weighted by molar-refractivity contribution is 5.95. The number of rotatable bonds is 2. The van der Waals surface area contributed by atoms with Gasteiger partial charge in [0.1, 0.15) is 0 Å². The van der Waals surface area contributed by atoms with Gasteiger partial charge in [0.2, 0.25) is 0 Å². The van der Waals surface area contributed by atoms with Gasteiger partial charge >= 0.3 is 0 Å². The Labute approximate surface area is 160 Å². The SMILES string of the molecule is Cc1cc(C)cc(-c2cn3c(c2-c2ccccc2)-c2ccccc2CC3)c1. The maximum atomic E-state index is 2.46. The van der Waals surface area contributed by atoms with E-state index in [9.17, 15) is 0 Å². The lowest BCUT2D eigenvalue weighted by molar-refractivity contribution is 0.690. The zero-order valence-corrected chi connectivity index (χ0v) is 15.9. The van der Waals surface area contributed by atoms with Crippen LogP contribution in [0.5, 0.6) is 0 Å². The third-order valence-electron chi connectivity index (χ3n) is 5.57. The van der Waals surface area contributed by atoms with Crippen LogP contribution in [0.15, 0.2) is 79.0 Å². The summed E-state index contributed by atoms with van der Waals surface area (Å²) in [6.07, 6.45) is 3.46. The number of fused-ring (bicyclic) bond motifs is 3. The first kappa shape index (κ1) is 16.1. The highest BCUT2D eigenvalue weighted by Gasteiger charge is 2.24. The fourth-order valence-corrected chi connectivity index (χ4v) is 4.48. The van der Waals surface area contributed by atoms with Gasteiger partial charge in [0, 0.05) is 29.4 Å². The van der Waals surface area contributed by atoms with E-state index in [0.717, 1.165) is 13.0 Å². The van der Waals surface area contributed by atoms with Gasteiger partial charge in [-0.3, -0.25) is 0 Å². The maximum absolute atomic E-state index is 2.46. The second kappa shape index (κ2) is 6.28. The van der Waals surface area contributed by atoms with Gasteiger partial charge in [-0.25, -0.2) is 0 Å². The van der Waals surface area contributed by atoms with E-state index in [1.54, 1.807) is 0 Å². The summed E-state index contributed by atoms with van der Waals surface area (Å²) < 4.78 is 2.46. The Morgan fingerprint density at radius 1 is 0.704 bits per heavy atom. The zero-order chi connectivity index (χ0) is 18.4. The Morgan fingerprint density at radius 3 is 2.19 bits per heavy atom. The summed E-state index contributed by atoms with van der Waals surface area (Å²) in [5.74, 6) is 0. The lowest BCUT2D eigenvalue weighted by atomic mass is 9.90. The normalized spacial score (nSPS) is 12.5. The Bertz CT molecular complexity index is 1110. The van der Waals surface area contributed by atoms with Crippen LogP contribution in [0, 0.1) is 13.8 Å². The molecule has 0 atom stereocenters. The minimum Gasteiger partial charge on any atom is -0.346 e. The predicted octanol–water partition coefficient (Wildman–Crippen LogP) is 6.66. The first-order valence-corrected chi connectivity index (χ1v) is 9.66. The molecule has 1 aliphatic rings. The third-order valence-corrected chi connectivity index (χ3v) is 5.57. The fourth-order valence-electron chi connectivity index (χ4n) is 4.48. The van der Waals surface area contributed by atoms with Crippen molar-refractivity contribution in [3.8, 4) is 33.5 Å². The van der Waals surface area contributed by atoms with Crippen LogP contribution in [0.25, 0.3) is 33.5 Å². The lowest BCUT2D eigenvalue weighted by Crippen LogP contribution is -2.09. The van der Waals surface area contributed by atoms with Gasteiger partial charge in [0.25, 0.3) is 0 Å². The van der Waals surface area contributed by atoms with E-state index in [4.69, 9.17) is 0 Å². The summed E-state index contributed by atoms with van der Waals surface area (Å²) in [4.78, 5) is 0. The van der Waals surface area contributed by atoms with Crippen LogP contribution in [0.1, 0.15) is 16.7 Å². The molecule has 0 fully saturated rings.